The van der Waals surface area contributed by atoms with Crippen molar-refractivity contribution in [2.24, 2.45) is 0 Å². The van der Waals surface area contributed by atoms with E-state index in [4.69, 9.17) is 9.26 Å². The van der Waals surface area contributed by atoms with Crippen LogP contribution in [0, 0.1) is 6.92 Å². The molecule has 4 heteroatoms. The average Bonchev–Trinajstić information content (AvgIpc) is 3.25. The van der Waals surface area contributed by atoms with Crippen LogP contribution >= 0.6 is 0 Å². The summed E-state index contributed by atoms with van der Waals surface area (Å²) in [4.78, 5) is 4.55. The van der Waals surface area contributed by atoms with Gasteiger partial charge in [0.25, 0.3) is 0 Å². The first kappa shape index (κ1) is 24.0. The quantitative estimate of drug-likeness (QED) is 0.311. The molecule has 0 bridgehead atoms. The molecule has 0 saturated heterocycles. The molecule has 0 aliphatic rings. The third-order valence-electron chi connectivity index (χ3n) is 6.79. The van der Waals surface area contributed by atoms with E-state index >= 15 is 0 Å². The van der Waals surface area contributed by atoms with Crippen LogP contribution in [0.1, 0.15) is 83.4 Å². The highest BCUT2D eigenvalue weighted by Gasteiger charge is 2.26. The second-order valence-electron chi connectivity index (χ2n) is 10.0. The molecular formula is C28H38N2O2. The molecule has 0 aliphatic carbocycles. The fourth-order valence-corrected chi connectivity index (χ4v) is 3.66. The lowest BCUT2D eigenvalue weighted by atomic mass is 9.76. The van der Waals surface area contributed by atoms with Gasteiger partial charge in [0.1, 0.15) is 5.75 Å². The zero-order valence-corrected chi connectivity index (χ0v) is 20.8. The zero-order chi connectivity index (χ0) is 23.4. The van der Waals surface area contributed by atoms with Crippen molar-refractivity contribution in [1.82, 2.24) is 10.1 Å². The van der Waals surface area contributed by atoms with E-state index in [1.54, 1.807) is 0 Å². The van der Waals surface area contributed by atoms with Crippen LogP contribution in [0.3, 0.4) is 0 Å². The fourth-order valence-electron chi connectivity index (χ4n) is 3.66. The third-order valence-corrected chi connectivity index (χ3v) is 6.79. The summed E-state index contributed by atoms with van der Waals surface area (Å²) in [6.45, 7) is 16.4. The Hall–Kier alpha value is -2.62. The first-order chi connectivity index (χ1) is 15.2. The highest BCUT2D eigenvalue weighted by molar-refractivity contribution is 5.55. The van der Waals surface area contributed by atoms with E-state index in [2.05, 4.69) is 88.9 Å². The van der Waals surface area contributed by atoms with E-state index in [0.717, 1.165) is 30.6 Å². The minimum Gasteiger partial charge on any atom is -0.493 e. The molecule has 32 heavy (non-hydrogen) atoms. The smallest absolute Gasteiger partial charge is 0.227 e. The van der Waals surface area contributed by atoms with E-state index in [9.17, 15) is 0 Å². The van der Waals surface area contributed by atoms with Crippen LogP contribution in [0.15, 0.2) is 47.0 Å². The van der Waals surface area contributed by atoms with Crippen molar-refractivity contribution < 1.29 is 9.26 Å². The van der Waals surface area contributed by atoms with Crippen LogP contribution in [-0.2, 0) is 17.3 Å². The summed E-state index contributed by atoms with van der Waals surface area (Å²) in [5.41, 5.74) is 5.05. The topological polar surface area (TPSA) is 48.2 Å². The Labute approximate surface area is 193 Å². The fraction of sp³-hybridized carbons (Fsp3) is 0.500. The second-order valence-corrected chi connectivity index (χ2v) is 10.0. The Morgan fingerprint density at radius 3 is 2.38 bits per heavy atom. The Morgan fingerprint density at radius 1 is 0.938 bits per heavy atom. The molecule has 0 radical (unpaired) electrons. The predicted molar refractivity (Wildman–Crippen MR) is 131 cm³/mol. The molecule has 172 valence electrons. The lowest BCUT2D eigenvalue weighted by Crippen LogP contribution is -2.21. The average molecular weight is 435 g/mol. The molecule has 1 aromatic heterocycles. The monoisotopic (exact) mass is 434 g/mol. The summed E-state index contributed by atoms with van der Waals surface area (Å²) in [5, 5.41) is 4.14. The van der Waals surface area contributed by atoms with Gasteiger partial charge in [-0.3, -0.25) is 0 Å². The predicted octanol–water partition coefficient (Wildman–Crippen LogP) is 7.43. The first-order valence-electron chi connectivity index (χ1n) is 11.8. The van der Waals surface area contributed by atoms with Crippen molar-refractivity contribution in [1.29, 1.82) is 0 Å². The number of ether oxygens (including phenoxy) is 1. The number of hydrogen-bond donors (Lipinski definition) is 0. The normalized spacial score (nSPS) is 12.2. The standard InChI is InChI=1S/C28H38N2O2/c1-8-27(4,5)22-15-16-24(23(19-22)28(6,7)9-2)31-17-11-14-25-29-26(30-32-25)21-13-10-12-20(3)18-21/h10,12-13,15-16,18-19H,8-9,11,14,17H2,1-7H3. The minimum atomic E-state index is 0.0599. The highest BCUT2D eigenvalue weighted by Crippen LogP contribution is 2.38. The lowest BCUT2D eigenvalue weighted by molar-refractivity contribution is 0.289. The SMILES string of the molecule is CCC(C)(C)c1ccc(OCCCc2nc(-c3cccc(C)c3)no2)c(C(C)(C)CC)c1. The van der Waals surface area contributed by atoms with Crippen LogP contribution in [0.5, 0.6) is 5.75 Å². The van der Waals surface area contributed by atoms with Gasteiger partial charge >= 0.3 is 0 Å². The van der Waals surface area contributed by atoms with Gasteiger partial charge in [0.15, 0.2) is 0 Å². The summed E-state index contributed by atoms with van der Waals surface area (Å²) < 4.78 is 11.7. The maximum absolute atomic E-state index is 6.27. The van der Waals surface area contributed by atoms with Gasteiger partial charge in [0, 0.05) is 17.5 Å². The zero-order valence-electron chi connectivity index (χ0n) is 20.8. The number of rotatable bonds is 10. The summed E-state index contributed by atoms with van der Waals surface area (Å²) in [5.74, 6) is 2.28. The number of nitrogens with zero attached hydrogens (tertiary/aromatic N) is 2. The number of aromatic nitrogens is 2. The van der Waals surface area contributed by atoms with Gasteiger partial charge in [-0.1, -0.05) is 82.6 Å². The molecule has 3 rings (SSSR count). The van der Waals surface area contributed by atoms with Crippen molar-refractivity contribution in [3.8, 4) is 17.1 Å². The highest BCUT2D eigenvalue weighted by atomic mass is 16.5. The molecule has 0 amide bonds. The molecule has 0 atom stereocenters. The van der Waals surface area contributed by atoms with Gasteiger partial charge in [-0.15, -0.1) is 0 Å². The minimum absolute atomic E-state index is 0.0599. The van der Waals surface area contributed by atoms with Crippen molar-refractivity contribution in [2.75, 3.05) is 6.61 Å². The molecular weight excluding hydrogens is 396 g/mol. The molecule has 2 aromatic carbocycles. The number of benzene rings is 2. The molecule has 1 heterocycles. The summed E-state index contributed by atoms with van der Waals surface area (Å²) in [7, 11) is 0. The molecule has 4 nitrogen and oxygen atoms in total. The van der Waals surface area contributed by atoms with Crippen molar-refractivity contribution in [2.45, 2.75) is 85.0 Å². The van der Waals surface area contributed by atoms with Gasteiger partial charge in [0.2, 0.25) is 11.7 Å². The van der Waals surface area contributed by atoms with Crippen molar-refractivity contribution in [3.05, 3.63) is 65.0 Å². The van der Waals surface area contributed by atoms with E-state index in [-0.39, 0.29) is 10.8 Å². The van der Waals surface area contributed by atoms with E-state index in [1.165, 1.54) is 16.7 Å². The maximum Gasteiger partial charge on any atom is 0.227 e. The second kappa shape index (κ2) is 9.89. The van der Waals surface area contributed by atoms with E-state index in [1.807, 2.05) is 12.1 Å². The summed E-state index contributed by atoms with van der Waals surface area (Å²) in [6, 6.07) is 14.9. The van der Waals surface area contributed by atoms with Crippen LogP contribution < -0.4 is 4.74 Å². The Bertz CT molecular complexity index is 1030. The van der Waals surface area contributed by atoms with Crippen LogP contribution in [0.2, 0.25) is 0 Å². The Morgan fingerprint density at radius 2 is 1.69 bits per heavy atom. The first-order valence-corrected chi connectivity index (χ1v) is 11.8. The van der Waals surface area contributed by atoms with Gasteiger partial charge in [0.05, 0.1) is 6.61 Å². The molecule has 0 N–H and O–H groups in total. The number of aryl methyl sites for hydroxylation is 2. The van der Waals surface area contributed by atoms with E-state index < -0.39 is 0 Å². The van der Waals surface area contributed by atoms with Crippen molar-refractivity contribution in [3.63, 3.8) is 0 Å². The van der Waals surface area contributed by atoms with Crippen LogP contribution in [0.25, 0.3) is 11.4 Å². The van der Waals surface area contributed by atoms with Crippen LogP contribution in [0.4, 0.5) is 0 Å². The Balaban J connectivity index is 1.66. The van der Waals surface area contributed by atoms with Gasteiger partial charge in [-0.2, -0.15) is 4.98 Å². The molecule has 0 unspecified atom stereocenters. The molecule has 0 aliphatic heterocycles. The van der Waals surface area contributed by atoms with Crippen LogP contribution in [-0.4, -0.2) is 16.7 Å². The number of hydrogen-bond acceptors (Lipinski definition) is 4. The largest absolute Gasteiger partial charge is 0.493 e. The molecule has 3 aromatic rings. The summed E-state index contributed by atoms with van der Waals surface area (Å²) in [6.07, 6.45) is 3.69. The maximum atomic E-state index is 6.27. The summed E-state index contributed by atoms with van der Waals surface area (Å²) >= 11 is 0. The van der Waals surface area contributed by atoms with E-state index in [0.29, 0.717) is 24.7 Å². The van der Waals surface area contributed by atoms with Gasteiger partial charge < -0.3 is 9.26 Å². The Kier molecular flexibility index (Phi) is 7.43. The molecule has 0 fully saturated rings. The molecule has 0 spiro atoms. The lowest BCUT2D eigenvalue weighted by Gasteiger charge is -2.30. The van der Waals surface area contributed by atoms with Gasteiger partial charge in [-0.25, -0.2) is 0 Å². The molecule has 0 saturated carbocycles. The van der Waals surface area contributed by atoms with Gasteiger partial charge in [-0.05, 0) is 54.7 Å². The van der Waals surface area contributed by atoms with Crippen molar-refractivity contribution >= 4 is 0 Å². The third kappa shape index (κ3) is 5.59.